The van der Waals surface area contributed by atoms with Crippen LogP contribution in [0.15, 0.2) is 52.7 Å². The van der Waals surface area contributed by atoms with E-state index < -0.39 is 20.9 Å². The minimum Gasteiger partial charge on any atom is -0.348 e. The number of sulfone groups is 1. The molecule has 0 spiro atoms. The summed E-state index contributed by atoms with van der Waals surface area (Å²) < 4.78 is 39.8. The van der Waals surface area contributed by atoms with Crippen LogP contribution < -0.4 is 4.90 Å². The van der Waals surface area contributed by atoms with Gasteiger partial charge in [0.05, 0.1) is 20.9 Å². The van der Waals surface area contributed by atoms with Gasteiger partial charge in [-0.05, 0) is 54.2 Å². The van der Waals surface area contributed by atoms with Crippen LogP contribution in [0.5, 0.6) is 0 Å². The van der Waals surface area contributed by atoms with Crippen LogP contribution >= 0.6 is 22.9 Å². The second kappa shape index (κ2) is 8.76. The number of piperidine rings is 1. The minimum absolute atomic E-state index is 0.0144. The first kappa shape index (κ1) is 23.2. The van der Waals surface area contributed by atoms with E-state index in [0.29, 0.717) is 30.8 Å². The van der Waals surface area contributed by atoms with Crippen molar-refractivity contribution in [2.24, 2.45) is 0 Å². The summed E-state index contributed by atoms with van der Waals surface area (Å²) in [7, 11) is -3.37. The van der Waals surface area contributed by atoms with E-state index in [0.717, 1.165) is 22.0 Å². The summed E-state index contributed by atoms with van der Waals surface area (Å²) in [6.45, 7) is 7.59. The Labute approximate surface area is 198 Å². The molecule has 0 bridgehead atoms. The minimum atomic E-state index is -3.37. The highest BCUT2D eigenvalue weighted by Gasteiger charge is 2.32. The molecule has 0 radical (unpaired) electrons. The Kier molecular flexibility index (Phi) is 6.36. The molecule has 8 heteroatoms. The van der Waals surface area contributed by atoms with Crippen LogP contribution in [0.25, 0.3) is 11.3 Å². The molecular formula is C24H26ClFN2O2S2. The Morgan fingerprint density at radius 3 is 2.34 bits per heavy atom. The summed E-state index contributed by atoms with van der Waals surface area (Å²) in [6.07, 6.45) is 1.11. The van der Waals surface area contributed by atoms with Gasteiger partial charge in [-0.2, -0.15) is 0 Å². The third-order valence-electron chi connectivity index (χ3n) is 5.91. The van der Waals surface area contributed by atoms with E-state index in [-0.39, 0.29) is 10.4 Å². The van der Waals surface area contributed by atoms with E-state index in [9.17, 15) is 12.8 Å². The summed E-state index contributed by atoms with van der Waals surface area (Å²) in [5.74, 6) is -0.456. The quantitative estimate of drug-likeness (QED) is 0.426. The molecule has 0 atom stereocenters. The Balaban J connectivity index is 1.44. The molecule has 2 heterocycles. The van der Waals surface area contributed by atoms with Gasteiger partial charge in [-0.15, -0.1) is 11.3 Å². The Morgan fingerprint density at radius 2 is 1.75 bits per heavy atom. The van der Waals surface area contributed by atoms with Crippen molar-refractivity contribution in [1.82, 2.24) is 4.98 Å². The first-order chi connectivity index (χ1) is 15.1. The fourth-order valence-corrected chi connectivity index (χ4v) is 6.69. The molecule has 32 heavy (non-hydrogen) atoms. The van der Waals surface area contributed by atoms with Crippen LogP contribution in [0.2, 0.25) is 5.02 Å². The third-order valence-corrected chi connectivity index (χ3v) is 9.38. The Bertz CT molecular complexity index is 1210. The lowest BCUT2D eigenvalue weighted by Crippen LogP contribution is -2.39. The molecule has 1 aromatic heterocycles. The van der Waals surface area contributed by atoms with Crippen molar-refractivity contribution in [1.29, 1.82) is 0 Å². The van der Waals surface area contributed by atoms with Gasteiger partial charge in [0.1, 0.15) is 5.82 Å². The summed E-state index contributed by atoms with van der Waals surface area (Å²) in [6, 6.07) is 11.9. The predicted molar refractivity (Wildman–Crippen MR) is 130 cm³/mol. The number of hydrogen-bond acceptors (Lipinski definition) is 5. The van der Waals surface area contributed by atoms with Gasteiger partial charge in [-0.1, -0.05) is 44.5 Å². The number of nitrogens with zero attached hydrogens (tertiary/aromatic N) is 2. The summed E-state index contributed by atoms with van der Waals surface area (Å²) >= 11 is 7.39. The molecule has 0 unspecified atom stereocenters. The molecular weight excluding hydrogens is 467 g/mol. The Morgan fingerprint density at radius 1 is 1.09 bits per heavy atom. The maximum Gasteiger partial charge on any atom is 0.185 e. The standard InChI is InChI=1S/C24H26ClFN2O2S2/c1-24(2,3)17-5-7-18(8-6-17)32(29,30)19-10-12-28(13-11-19)23-27-22(15-31-23)16-4-9-21(26)20(25)14-16/h4-9,14-15,19H,10-13H2,1-3H3. The summed E-state index contributed by atoms with van der Waals surface area (Å²) in [5.41, 5.74) is 2.60. The van der Waals surface area contributed by atoms with Crippen molar-refractivity contribution in [2.45, 2.75) is 49.2 Å². The van der Waals surface area contributed by atoms with E-state index in [1.807, 2.05) is 17.5 Å². The van der Waals surface area contributed by atoms with Crippen molar-refractivity contribution in [2.75, 3.05) is 18.0 Å². The second-order valence-corrected chi connectivity index (χ2v) is 12.6. The molecule has 0 amide bonds. The highest BCUT2D eigenvalue weighted by atomic mass is 35.5. The lowest BCUT2D eigenvalue weighted by Gasteiger charge is -2.31. The van der Waals surface area contributed by atoms with Gasteiger partial charge in [0.15, 0.2) is 15.0 Å². The summed E-state index contributed by atoms with van der Waals surface area (Å²) in [4.78, 5) is 7.18. The summed E-state index contributed by atoms with van der Waals surface area (Å²) in [5, 5.41) is 2.43. The maximum atomic E-state index is 13.4. The van der Waals surface area contributed by atoms with Crippen molar-refractivity contribution in [3.8, 4) is 11.3 Å². The molecule has 1 saturated heterocycles. The van der Waals surface area contributed by atoms with Crippen LogP contribution in [0, 0.1) is 5.82 Å². The number of hydrogen-bond donors (Lipinski definition) is 0. The number of benzene rings is 2. The average molecular weight is 493 g/mol. The highest BCUT2D eigenvalue weighted by molar-refractivity contribution is 7.92. The van der Waals surface area contributed by atoms with Crippen LogP contribution in [0.3, 0.4) is 0 Å². The van der Waals surface area contributed by atoms with E-state index in [1.165, 1.54) is 17.4 Å². The van der Waals surface area contributed by atoms with Crippen LogP contribution in [0.1, 0.15) is 39.2 Å². The molecule has 4 rings (SSSR count). The molecule has 0 N–H and O–H groups in total. The van der Waals surface area contributed by atoms with Crippen molar-refractivity contribution in [3.63, 3.8) is 0 Å². The lowest BCUT2D eigenvalue weighted by molar-refractivity contribution is 0.529. The van der Waals surface area contributed by atoms with Gasteiger partial charge in [0, 0.05) is 24.0 Å². The van der Waals surface area contributed by atoms with Crippen molar-refractivity contribution >= 4 is 37.9 Å². The maximum absolute atomic E-state index is 13.4. The van der Waals surface area contributed by atoms with Gasteiger partial charge in [0.25, 0.3) is 0 Å². The van der Waals surface area contributed by atoms with E-state index in [4.69, 9.17) is 11.6 Å². The zero-order valence-corrected chi connectivity index (χ0v) is 20.7. The number of aromatic nitrogens is 1. The molecule has 3 aromatic rings. The largest absolute Gasteiger partial charge is 0.348 e. The molecule has 170 valence electrons. The van der Waals surface area contributed by atoms with Gasteiger partial charge >= 0.3 is 0 Å². The SMILES string of the molecule is CC(C)(C)c1ccc(S(=O)(=O)C2CCN(c3nc(-c4ccc(F)c(Cl)c4)cs3)CC2)cc1. The van der Waals surface area contributed by atoms with Crippen LogP contribution in [-0.2, 0) is 15.3 Å². The lowest BCUT2D eigenvalue weighted by atomic mass is 9.87. The van der Waals surface area contributed by atoms with E-state index in [1.54, 1.807) is 24.3 Å². The molecule has 2 aromatic carbocycles. The first-order valence-electron chi connectivity index (χ1n) is 10.6. The zero-order chi connectivity index (χ0) is 23.1. The zero-order valence-electron chi connectivity index (χ0n) is 18.3. The van der Waals surface area contributed by atoms with Gasteiger partial charge < -0.3 is 4.90 Å². The molecule has 1 aliphatic rings. The fraction of sp³-hybridized carbons (Fsp3) is 0.375. The van der Waals surface area contributed by atoms with Gasteiger partial charge in [0.2, 0.25) is 0 Å². The fourth-order valence-electron chi connectivity index (χ4n) is 3.89. The number of rotatable bonds is 4. The number of thiazole rings is 1. The molecule has 1 fully saturated rings. The molecule has 0 aliphatic carbocycles. The van der Waals surface area contributed by atoms with E-state index >= 15 is 0 Å². The highest BCUT2D eigenvalue weighted by Crippen LogP contribution is 2.33. The third kappa shape index (κ3) is 4.70. The molecule has 0 saturated carbocycles. The molecule has 1 aliphatic heterocycles. The average Bonchev–Trinajstić information content (AvgIpc) is 3.25. The van der Waals surface area contributed by atoms with Crippen LogP contribution in [-0.4, -0.2) is 31.7 Å². The smallest absolute Gasteiger partial charge is 0.185 e. The number of halogens is 2. The molecule has 4 nitrogen and oxygen atoms in total. The Hall–Kier alpha value is -1.96. The predicted octanol–water partition coefficient (Wildman–Crippen LogP) is 6.34. The monoisotopic (exact) mass is 492 g/mol. The number of anilines is 1. The first-order valence-corrected chi connectivity index (χ1v) is 13.4. The van der Waals surface area contributed by atoms with Crippen LogP contribution in [0.4, 0.5) is 9.52 Å². The van der Waals surface area contributed by atoms with Gasteiger partial charge in [-0.3, -0.25) is 0 Å². The van der Waals surface area contributed by atoms with E-state index in [2.05, 4.69) is 30.7 Å². The van der Waals surface area contributed by atoms with Crippen molar-refractivity contribution < 1.29 is 12.8 Å². The second-order valence-electron chi connectivity index (χ2n) is 9.15. The van der Waals surface area contributed by atoms with Gasteiger partial charge in [-0.25, -0.2) is 17.8 Å². The van der Waals surface area contributed by atoms with Crippen molar-refractivity contribution in [3.05, 3.63) is 64.2 Å². The topological polar surface area (TPSA) is 50.3 Å². The normalized spacial score (nSPS) is 15.8.